The smallest absolute Gasteiger partial charge is 0.0659 e. The van der Waals surface area contributed by atoms with Crippen LogP contribution in [0, 0.1) is 0 Å². The molecule has 12 heteroatoms. The van der Waals surface area contributed by atoms with Crippen LogP contribution in [-0.4, -0.2) is 22.8 Å². The second-order valence-electron chi connectivity index (χ2n) is 5.76. The minimum Gasteiger partial charge on any atom is -0.249 e. The number of hydrogen-bond acceptors (Lipinski definition) is 4. The van der Waals surface area contributed by atoms with Crippen molar-refractivity contribution in [3.8, 4) is 0 Å². The summed E-state index contributed by atoms with van der Waals surface area (Å²) in [5, 5.41) is 0. The zero-order chi connectivity index (χ0) is 15.9. The van der Waals surface area contributed by atoms with Crippen LogP contribution in [0.15, 0.2) is 116 Å². The Labute approximate surface area is 271 Å². The Morgan fingerprint density at radius 3 is 0.656 bits per heavy atom. The molecule has 0 atom stereocenters. The summed E-state index contributed by atoms with van der Waals surface area (Å²) < 4.78 is 0. The van der Waals surface area contributed by atoms with E-state index in [-0.39, 0.29) is 136 Å². The monoisotopic (exact) mass is 948 g/mol. The highest BCUT2D eigenvalue weighted by atomic mass is 79.9. The van der Waals surface area contributed by atoms with Crippen LogP contribution < -0.4 is 0 Å². The molecule has 0 unspecified atom stereocenters. The van der Waals surface area contributed by atoms with Crippen molar-refractivity contribution < 1.29 is 0 Å². The Bertz CT molecular complexity index is 867. The van der Waals surface area contributed by atoms with E-state index in [1.165, 1.54) is 0 Å². The fourth-order valence-electron chi connectivity index (χ4n) is 2.83. The highest BCUT2D eigenvalue weighted by molar-refractivity contribution is 8.93. The molecular weight excluding hydrogens is 935 g/mol. The van der Waals surface area contributed by atoms with Gasteiger partial charge in [-0.15, -0.1) is 136 Å². The number of nitrogens with zero attached hydrogens (tertiary/aromatic N) is 4. The number of halogens is 8. The average molecular weight is 956 g/mol. The Morgan fingerprint density at radius 2 is 0.469 bits per heavy atom. The van der Waals surface area contributed by atoms with Crippen LogP contribution in [0.3, 0.4) is 0 Å². The number of hydrogen-bond donors (Lipinski definition) is 0. The maximum absolute atomic E-state index is 4.59. The number of rotatable bonds is 0. The van der Waals surface area contributed by atoms with E-state index in [0.717, 1.165) is 45.6 Å². The van der Waals surface area contributed by atoms with E-state index in [1.54, 1.807) is 0 Å². The molecule has 8 bridgehead atoms. The topological polar surface area (TPSA) is 49.4 Å². The molecule has 0 aromatic heterocycles. The van der Waals surface area contributed by atoms with Crippen molar-refractivity contribution >= 4 is 159 Å². The summed E-state index contributed by atoms with van der Waals surface area (Å²) in [4.78, 5) is 18.4. The van der Waals surface area contributed by atoms with Gasteiger partial charge in [0.15, 0.2) is 0 Å². The molecule has 5 aliphatic rings. The molecule has 0 radical (unpaired) electrons. The van der Waals surface area contributed by atoms with Gasteiger partial charge in [-0.2, -0.15) is 0 Å². The normalized spacial score (nSPS) is 17.0. The van der Waals surface area contributed by atoms with Gasteiger partial charge >= 0.3 is 0 Å². The van der Waals surface area contributed by atoms with Crippen LogP contribution in [0.4, 0.5) is 0 Å². The summed E-state index contributed by atoms with van der Waals surface area (Å²) in [6.07, 6.45) is 23.8. The summed E-state index contributed by atoms with van der Waals surface area (Å²) in [5.41, 5.74) is 7.15. The van der Waals surface area contributed by atoms with Crippen molar-refractivity contribution in [3.05, 3.63) is 95.7 Å². The molecule has 0 aliphatic carbocycles. The lowest BCUT2D eigenvalue weighted by molar-refractivity contribution is 1.41. The number of aliphatic imine (C=N–C) groups is 4. The van der Waals surface area contributed by atoms with Gasteiger partial charge in [0.1, 0.15) is 0 Å². The third kappa shape index (κ3) is 9.59. The predicted octanol–water partition coefficient (Wildman–Crippen LogP) is 8.20. The largest absolute Gasteiger partial charge is 0.249 e. The van der Waals surface area contributed by atoms with Gasteiger partial charge in [-0.1, -0.05) is 0 Å². The summed E-state index contributed by atoms with van der Waals surface area (Å²) in [6.45, 7) is 0. The van der Waals surface area contributed by atoms with Crippen LogP contribution in [0.2, 0.25) is 0 Å². The van der Waals surface area contributed by atoms with Crippen molar-refractivity contribution in [2.24, 2.45) is 20.0 Å². The van der Waals surface area contributed by atoms with Crippen molar-refractivity contribution in [1.29, 1.82) is 0 Å². The first-order valence-electron chi connectivity index (χ1n) is 7.74. The molecule has 0 spiro atoms. The first-order chi connectivity index (χ1) is 11.8. The van der Waals surface area contributed by atoms with Crippen LogP contribution in [0.5, 0.6) is 0 Å². The van der Waals surface area contributed by atoms with E-state index in [1.807, 2.05) is 72.9 Å². The van der Waals surface area contributed by atoms with Gasteiger partial charge in [-0.25, -0.2) is 20.0 Å². The molecule has 0 aromatic carbocycles. The molecule has 0 saturated carbocycles. The molecule has 5 aliphatic heterocycles. The third-order valence-corrected chi connectivity index (χ3v) is 3.92. The Morgan fingerprint density at radius 1 is 0.281 bits per heavy atom. The van der Waals surface area contributed by atoms with Crippen molar-refractivity contribution in [3.63, 3.8) is 0 Å². The number of fused-ring (bicyclic) bond motifs is 4. The minimum atomic E-state index is 0. The maximum Gasteiger partial charge on any atom is 0.0659 e. The summed E-state index contributed by atoms with van der Waals surface area (Å²) in [6, 6.07) is 0. The molecule has 176 valence electrons. The van der Waals surface area contributed by atoms with Gasteiger partial charge in [0.25, 0.3) is 0 Å². The highest BCUT2D eigenvalue weighted by Crippen LogP contribution is 2.20. The lowest BCUT2D eigenvalue weighted by Gasteiger charge is -1.94. The molecule has 0 N–H and O–H groups in total. The summed E-state index contributed by atoms with van der Waals surface area (Å²) in [5.74, 6) is 0. The summed E-state index contributed by atoms with van der Waals surface area (Å²) in [7, 11) is 0. The molecule has 5 rings (SSSR count). The van der Waals surface area contributed by atoms with E-state index in [4.69, 9.17) is 0 Å². The zero-order valence-electron chi connectivity index (χ0n) is 16.0. The standard InChI is InChI=1S/C20H12N4.8BrH/c1-2-14-10-16-5-6-18(23-16)12-20-8-7-19(24-20)11-17-4-3-15(22-17)9-13(1)21-14;;;;;;;;/h1-12H;8*1H. The van der Waals surface area contributed by atoms with Gasteiger partial charge < -0.3 is 0 Å². The quantitative estimate of drug-likeness (QED) is 0.236. The lowest BCUT2D eigenvalue weighted by Crippen LogP contribution is -1.89. The lowest BCUT2D eigenvalue weighted by atomic mass is 10.2. The minimum absolute atomic E-state index is 0. The molecule has 0 saturated heterocycles. The first-order valence-corrected chi connectivity index (χ1v) is 7.74. The molecular formula is C20H20Br8N4. The SMILES string of the molecule is Br.Br.Br.Br.Br.Br.Br.Br.C1=CC2=NC1=CC1=NC(=CC3=NC(=CC4=NC(=C2)C=C4)C=C3)C=C1. The van der Waals surface area contributed by atoms with Gasteiger partial charge in [-0.05, 0) is 72.9 Å². The maximum atomic E-state index is 4.59. The number of allylic oxidation sites excluding steroid dienone is 12. The van der Waals surface area contributed by atoms with Crippen LogP contribution in [-0.2, 0) is 0 Å². The molecule has 0 fully saturated rings. The Kier molecular flexibility index (Phi) is 22.1. The Hall–Kier alpha value is 0.440. The Balaban J connectivity index is -0.000000490. The van der Waals surface area contributed by atoms with Crippen LogP contribution >= 0.6 is 136 Å². The summed E-state index contributed by atoms with van der Waals surface area (Å²) >= 11 is 0. The molecule has 5 heterocycles. The molecule has 4 nitrogen and oxygen atoms in total. The molecule has 0 aromatic rings. The highest BCUT2D eigenvalue weighted by Gasteiger charge is 2.11. The fraction of sp³-hybridized carbons (Fsp3) is 0. The second-order valence-corrected chi connectivity index (χ2v) is 5.76. The van der Waals surface area contributed by atoms with Gasteiger partial charge in [0.2, 0.25) is 0 Å². The molecule has 32 heavy (non-hydrogen) atoms. The van der Waals surface area contributed by atoms with Crippen LogP contribution in [0.25, 0.3) is 0 Å². The van der Waals surface area contributed by atoms with Crippen molar-refractivity contribution in [2.75, 3.05) is 0 Å². The van der Waals surface area contributed by atoms with E-state index in [0.29, 0.717) is 0 Å². The van der Waals surface area contributed by atoms with E-state index in [9.17, 15) is 0 Å². The zero-order valence-corrected chi connectivity index (χ0v) is 29.7. The van der Waals surface area contributed by atoms with Crippen LogP contribution in [0.1, 0.15) is 0 Å². The van der Waals surface area contributed by atoms with E-state index >= 15 is 0 Å². The first kappa shape index (κ1) is 39.6. The predicted molar refractivity (Wildman–Crippen MR) is 181 cm³/mol. The van der Waals surface area contributed by atoms with E-state index < -0.39 is 0 Å². The van der Waals surface area contributed by atoms with Gasteiger partial charge in [0.05, 0.1) is 45.6 Å². The average Bonchev–Trinajstić information content (AvgIpc) is 3.32. The van der Waals surface area contributed by atoms with Gasteiger partial charge in [0, 0.05) is 0 Å². The second kappa shape index (κ2) is 17.8. The van der Waals surface area contributed by atoms with Crippen molar-refractivity contribution in [2.45, 2.75) is 0 Å². The van der Waals surface area contributed by atoms with Crippen molar-refractivity contribution in [1.82, 2.24) is 0 Å². The third-order valence-electron chi connectivity index (χ3n) is 3.92. The van der Waals surface area contributed by atoms with Gasteiger partial charge in [-0.3, -0.25) is 0 Å². The van der Waals surface area contributed by atoms with E-state index in [2.05, 4.69) is 20.0 Å². The fourth-order valence-corrected chi connectivity index (χ4v) is 2.83. The molecule has 0 amide bonds.